The second-order valence-electron chi connectivity index (χ2n) is 11.5. The Bertz CT molecular complexity index is 1000. The molecule has 0 atom stereocenters. The van der Waals surface area contributed by atoms with Crippen LogP contribution >= 0.6 is 0 Å². The number of fused-ring (bicyclic) bond motifs is 1. The van der Waals surface area contributed by atoms with Gasteiger partial charge in [0.15, 0.2) is 11.2 Å². The molecule has 41 heavy (non-hydrogen) atoms. The fourth-order valence-electron chi connectivity index (χ4n) is 5.33. The van der Waals surface area contributed by atoms with Gasteiger partial charge in [0.1, 0.15) is 0 Å². The highest BCUT2D eigenvalue weighted by Crippen LogP contribution is 2.12. The normalized spacial score (nSPS) is 11.6. The zero-order valence-electron chi connectivity index (χ0n) is 26.1. The number of nitrogen functional groups attached to an aromatic ring is 1. The quantitative estimate of drug-likeness (QED) is 0.0917. The minimum Gasteiger partial charge on any atom is -0.466 e. The van der Waals surface area contributed by atoms with Crippen molar-refractivity contribution in [2.45, 2.75) is 142 Å². The monoisotopic (exact) mass is 574 g/mol. The minimum atomic E-state index is -0.291. The van der Waals surface area contributed by atoms with E-state index in [1.165, 1.54) is 77.0 Å². The molecule has 2 heterocycles. The van der Waals surface area contributed by atoms with Crippen LogP contribution in [0, 0.1) is 0 Å². The van der Waals surface area contributed by atoms with Crippen LogP contribution in [-0.2, 0) is 16.1 Å². The number of carbonyl (C=O) groups excluding carboxylic acids is 1. The number of carbonyl (C=O) groups is 1. The summed E-state index contributed by atoms with van der Waals surface area (Å²) in [5.41, 5.74) is 6.35. The van der Waals surface area contributed by atoms with Crippen LogP contribution in [0.2, 0.25) is 0 Å². The minimum absolute atomic E-state index is 0.0307. The summed E-state index contributed by atoms with van der Waals surface area (Å²) >= 11 is 0. The third kappa shape index (κ3) is 15.4. The van der Waals surface area contributed by atoms with Gasteiger partial charge in [-0.05, 0) is 51.7 Å². The number of aryl methyl sites for hydroxylation is 1. The number of imidazole rings is 1. The summed E-state index contributed by atoms with van der Waals surface area (Å²) in [5.74, 6) is 0.0934. The molecule has 2 aromatic rings. The molecule has 0 saturated carbocycles. The van der Waals surface area contributed by atoms with Crippen LogP contribution in [0.5, 0.6) is 0 Å². The van der Waals surface area contributed by atoms with Gasteiger partial charge in [-0.25, -0.2) is 4.98 Å². The maximum atomic E-state index is 12.1. The zero-order valence-corrected chi connectivity index (χ0v) is 26.1. The molecule has 0 aliphatic carbocycles. The standard InChI is InChI=1S/C32H58N6O3/c1-3-5-7-9-13-17-22-37(24-20-25-38-27-34-29-30(38)35-32(33)36-31(29)40)23-18-14-11-12-16-21-28(39)41-26-19-15-10-8-6-4-2/h27H,3-26H2,1-2H3,(H3,33,35,36,40). The molecule has 0 fully saturated rings. The van der Waals surface area contributed by atoms with Gasteiger partial charge in [0, 0.05) is 13.0 Å². The lowest BCUT2D eigenvalue weighted by Gasteiger charge is -2.22. The summed E-state index contributed by atoms with van der Waals surface area (Å²) < 4.78 is 7.33. The third-order valence-corrected chi connectivity index (χ3v) is 7.81. The van der Waals surface area contributed by atoms with Gasteiger partial charge in [-0.3, -0.25) is 14.6 Å². The van der Waals surface area contributed by atoms with Crippen molar-refractivity contribution in [3.63, 3.8) is 0 Å². The topological polar surface area (TPSA) is 119 Å². The summed E-state index contributed by atoms with van der Waals surface area (Å²) in [5, 5.41) is 0. The van der Waals surface area contributed by atoms with Gasteiger partial charge in [-0.2, -0.15) is 4.98 Å². The number of aromatic amines is 1. The second-order valence-corrected chi connectivity index (χ2v) is 11.5. The average molecular weight is 575 g/mol. The number of hydrogen-bond acceptors (Lipinski definition) is 7. The SMILES string of the molecule is CCCCCCCCOC(=O)CCCCCCCN(CCCCCCCC)CCCn1cnc2c(=O)[nH]c(N)nc21. The van der Waals surface area contributed by atoms with Gasteiger partial charge >= 0.3 is 5.97 Å². The third-order valence-electron chi connectivity index (χ3n) is 7.81. The van der Waals surface area contributed by atoms with E-state index in [0.29, 0.717) is 24.2 Å². The maximum absolute atomic E-state index is 12.1. The number of aromatic nitrogens is 4. The second kappa shape index (κ2) is 22.2. The molecule has 0 bridgehead atoms. The predicted molar refractivity (Wildman–Crippen MR) is 169 cm³/mol. The molecule has 2 rings (SSSR count). The molecule has 9 nitrogen and oxygen atoms in total. The number of unbranched alkanes of at least 4 members (excludes halogenated alkanes) is 14. The Balaban J connectivity index is 1.63. The lowest BCUT2D eigenvalue weighted by molar-refractivity contribution is -0.143. The zero-order chi connectivity index (χ0) is 29.5. The Labute approximate surface area is 248 Å². The maximum Gasteiger partial charge on any atom is 0.305 e. The first-order chi connectivity index (χ1) is 20.0. The van der Waals surface area contributed by atoms with Crippen molar-refractivity contribution in [1.82, 2.24) is 24.4 Å². The number of ether oxygens (including phenoxy) is 1. The van der Waals surface area contributed by atoms with Crippen molar-refractivity contribution in [2.24, 2.45) is 0 Å². The molecule has 0 amide bonds. The number of nitrogens with one attached hydrogen (secondary N) is 1. The summed E-state index contributed by atoms with van der Waals surface area (Å²) in [6.45, 7) is 9.07. The first-order valence-corrected chi connectivity index (χ1v) is 16.6. The Morgan fingerprint density at radius 3 is 2.05 bits per heavy atom. The summed E-state index contributed by atoms with van der Waals surface area (Å²) in [6.07, 6.45) is 23.8. The van der Waals surface area contributed by atoms with E-state index in [2.05, 4.69) is 33.7 Å². The Morgan fingerprint density at radius 2 is 1.39 bits per heavy atom. The van der Waals surface area contributed by atoms with E-state index in [9.17, 15) is 9.59 Å². The first-order valence-electron chi connectivity index (χ1n) is 16.6. The molecule has 0 saturated heterocycles. The van der Waals surface area contributed by atoms with E-state index in [1.54, 1.807) is 6.33 Å². The van der Waals surface area contributed by atoms with Gasteiger partial charge < -0.3 is 19.9 Å². The van der Waals surface area contributed by atoms with Crippen LogP contribution in [0.15, 0.2) is 11.1 Å². The van der Waals surface area contributed by atoms with Crippen LogP contribution in [0.3, 0.4) is 0 Å². The van der Waals surface area contributed by atoms with Crippen LogP contribution in [0.4, 0.5) is 5.95 Å². The van der Waals surface area contributed by atoms with Crippen LogP contribution in [0.25, 0.3) is 11.2 Å². The van der Waals surface area contributed by atoms with Crippen molar-refractivity contribution in [3.05, 3.63) is 16.7 Å². The fraction of sp³-hybridized carbons (Fsp3) is 0.812. The largest absolute Gasteiger partial charge is 0.466 e. The molecule has 234 valence electrons. The highest BCUT2D eigenvalue weighted by Gasteiger charge is 2.11. The van der Waals surface area contributed by atoms with Crippen molar-refractivity contribution in [3.8, 4) is 0 Å². The van der Waals surface area contributed by atoms with Crippen molar-refractivity contribution in [1.29, 1.82) is 0 Å². The Kier molecular flexibility index (Phi) is 18.8. The molecule has 0 radical (unpaired) electrons. The molecule has 0 aromatic carbocycles. The van der Waals surface area contributed by atoms with E-state index >= 15 is 0 Å². The average Bonchev–Trinajstić information content (AvgIpc) is 3.36. The molecule has 9 heteroatoms. The lowest BCUT2D eigenvalue weighted by atomic mass is 10.1. The van der Waals surface area contributed by atoms with Gasteiger partial charge in [-0.15, -0.1) is 0 Å². The van der Waals surface area contributed by atoms with Crippen molar-refractivity contribution in [2.75, 3.05) is 32.0 Å². The number of H-pyrrole nitrogens is 1. The highest BCUT2D eigenvalue weighted by atomic mass is 16.5. The molecule has 0 aliphatic heterocycles. The smallest absolute Gasteiger partial charge is 0.305 e. The van der Waals surface area contributed by atoms with Crippen LogP contribution in [0.1, 0.15) is 136 Å². The van der Waals surface area contributed by atoms with Gasteiger partial charge in [0.25, 0.3) is 5.56 Å². The summed E-state index contributed by atoms with van der Waals surface area (Å²) in [7, 11) is 0. The van der Waals surface area contributed by atoms with E-state index in [0.717, 1.165) is 64.7 Å². The Hall–Kier alpha value is -2.42. The number of nitrogens with two attached hydrogens (primary N) is 1. The lowest BCUT2D eigenvalue weighted by Crippen LogP contribution is -2.28. The number of hydrogen-bond donors (Lipinski definition) is 2. The summed E-state index contributed by atoms with van der Waals surface area (Å²) in [4.78, 5) is 37.6. The molecule has 2 aromatic heterocycles. The van der Waals surface area contributed by atoms with Gasteiger partial charge in [0.2, 0.25) is 5.95 Å². The summed E-state index contributed by atoms with van der Waals surface area (Å²) in [6, 6.07) is 0. The van der Waals surface area contributed by atoms with E-state index in [-0.39, 0.29) is 17.5 Å². The molecular weight excluding hydrogens is 516 g/mol. The fourth-order valence-corrected chi connectivity index (χ4v) is 5.33. The van der Waals surface area contributed by atoms with E-state index < -0.39 is 0 Å². The Morgan fingerprint density at radius 1 is 0.829 bits per heavy atom. The van der Waals surface area contributed by atoms with E-state index in [1.807, 2.05) is 4.57 Å². The molecule has 0 aliphatic rings. The molecule has 0 spiro atoms. The van der Waals surface area contributed by atoms with Gasteiger partial charge in [-0.1, -0.05) is 97.3 Å². The number of nitrogens with zero attached hydrogens (tertiary/aromatic N) is 4. The molecule has 0 unspecified atom stereocenters. The highest BCUT2D eigenvalue weighted by molar-refractivity contribution is 5.70. The first kappa shape index (κ1) is 34.8. The number of anilines is 1. The molecule has 3 N–H and O–H groups in total. The van der Waals surface area contributed by atoms with Crippen LogP contribution < -0.4 is 11.3 Å². The van der Waals surface area contributed by atoms with E-state index in [4.69, 9.17) is 10.5 Å². The van der Waals surface area contributed by atoms with Crippen molar-refractivity contribution >= 4 is 23.1 Å². The van der Waals surface area contributed by atoms with Crippen molar-refractivity contribution < 1.29 is 9.53 Å². The predicted octanol–water partition coefficient (Wildman–Crippen LogP) is 7.00. The molecular formula is C32H58N6O3. The number of esters is 1. The van der Waals surface area contributed by atoms with Crippen LogP contribution in [-0.4, -0.2) is 56.6 Å². The number of rotatable bonds is 26. The van der Waals surface area contributed by atoms with Gasteiger partial charge in [0.05, 0.1) is 12.9 Å².